The van der Waals surface area contributed by atoms with Crippen LogP contribution in [-0.4, -0.2) is 52.2 Å². The monoisotopic (exact) mass is 605 g/mol. The summed E-state index contributed by atoms with van der Waals surface area (Å²) >= 11 is 4.96. The van der Waals surface area contributed by atoms with E-state index in [4.69, 9.17) is 31.0 Å². The first-order chi connectivity index (χ1) is 20.3. The molecule has 0 aliphatic carbocycles. The van der Waals surface area contributed by atoms with Crippen molar-refractivity contribution >= 4 is 28.1 Å². The van der Waals surface area contributed by atoms with Crippen LogP contribution in [0, 0.1) is 11.8 Å². The lowest BCUT2D eigenvalue weighted by Crippen LogP contribution is -2.17. The molecule has 1 aromatic carbocycles. The van der Waals surface area contributed by atoms with E-state index in [1.165, 1.54) is 31.6 Å². The Hall–Kier alpha value is -5.15. The summed E-state index contributed by atoms with van der Waals surface area (Å²) in [6.07, 6.45) is 4.45. The minimum Gasteiger partial charge on any atom is -0.493 e. The zero-order valence-electron chi connectivity index (χ0n) is 22.3. The lowest BCUT2D eigenvalue weighted by molar-refractivity contribution is 0.320. The number of methoxy groups -OCH3 is 1. The summed E-state index contributed by atoms with van der Waals surface area (Å²) in [6.45, 7) is 5.51. The third kappa shape index (κ3) is 6.26. The Kier molecular flexibility index (Phi) is 8.21. The van der Waals surface area contributed by atoms with Crippen molar-refractivity contribution in [1.29, 1.82) is 0 Å². The maximum atomic E-state index is 13.4. The first-order valence-corrected chi connectivity index (χ1v) is 14.1. The second kappa shape index (κ2) is 12.2. The van der Waals surface area contributed by atoms with Crippen LogP contribution in [0.15, 0.2) is 83.1 Å². The Labute approximate surface area is 245 Å². The number of rotatable bonds is 11. The molecule has 0 saturated heterocycles. The molecule has 5 rings (SSSR count). The van der Waals surface area contributed by atoms with Crippen LogP contribution in [0.25, 0.3) is 22.9 Å². The highest BCUT2D eigenvalue weighted by Gasteiger charge is 2.26. The van der Waals surface area contributed by atoms with Crippen LogP contribution in [0.5, 0.6) is 23.1 Å². The highest BCUT2D eigenvalue weighted by atomic mass is 32.2. The Balaban J connectivity index is 1.68. The number of para-hydroxylation sites is 2. The van der Waals surface area contributed by atoms with E-state index in [1.54, 1.807) is 49.4 Å². The fraction of sp³-hybridized carbons (Fsp3) is 0.111. The number of anilines is 1. The molecule has 0 aliphatic heterocycles. The van der Waals surface area contributed by atoms with E-state index < -0.39 is 10.0 Å². The Bertz CT molecular complexity index is 1910. The van der Waals surface area contributed by atoms with Crippen LogP contribution in [-0.2, 0) is 10.0 Å². The van der Waals surface area contributed by atoms with Gasteiger partial charge in [-0.05, 0) is 55.0 Å². The molecule has 0 aliphatic rings. The van der Waals surface area contributed by atoms with Crippen LogP contribution >= 0.6 is 12.2 Å². The van der Waals surface area contributed by atoms with Crippen LogP contribution in [0.2, 0.25) is 0 Å². The fourth-order valence-electron chi connectivity index (χ4n) is 3.60. The van der Waals surface area contributed by atoms with Gasteiger partial charge >= 0.3 is 0 Å². The van der Waals surface area contributed by atoms with Gasteiger partial charge in [-0.1, -0.05) is 36.0 Å². The smallest absolute Gasteiger partial charge is 0.295 e. The number of benzene rings is 1. The van der Waals surface area contributed by atoms with Crippen LogP contribution < -0.4 is 18.9 Å². The van der Waals surface area contributed by atoms with E-state index in [2.05, 4.69) is 41.4 Å². The maximum absolute atomic E-state index is 13.4. The average Bonchev–Trinajstić information content (AvgIpc) is 3.43. The van der Waals surface area contributed by atoms with Crippen LogP contribution in [0.4, 0.5) is 5.82 Å². The predicted octanol–water partition coefficient (Wildman–Crippen LogP) is 5.12. The molecule has 42 heavy (non-hydrogen) atoms. The van der Waals surface area contributed by atoms with Gasteiger partial charge in [-0.25, -0.2) is 9.97 Å². The number of pyridine rings is 2. The van der Waals surface area contributed by atoms with Crippen molar-refractivity contribution in [3.63, 3.8) is 0 Å². The SMILES string of the molecule is C=CCOc1nc(-c2ccnc(-c3noc(=S)[nH]3)c2)nc(NS(=O)(=O)c2ccc(C)cn2)c1Oc1ccccc1OC. The quantitative estimate of drug-likeness (QED) is 0.151. The van der Waals surface area contributed by atoms with Crippen LogP contribution in [0.1, 0.15) is 5.56 Å². The molecule has 0 radical (unpaired) electrons. The van der Waals surface area contributed by atoms with Gasteiger partial charge in [-0.2, -0.15) is 13.4 Å². The highest BCUT2D eigenvalue weighted by molar-refractivity contribution is 7.92. The molecule has 4 aromatic heterocycles. The number of hydrogen-bond acceptors (Lipinski definition) is 12. The lowest BCUT2D eigenvalue weighted by Gasteiger charge is -2.18. The first-order valence-electron chi connectivity index (χ1n) is 12.2. The van der Waals surface area contributed by atoms with Gasteiger partial charge in [0.25, 0.3) is 20.7 Å². The van der Waals surface area contributed by atoms with Crippen molar-refractivity contribution in [2.75, 3.05) is 18.4 Å². The third-order valence-electron chi connectivity index (χ3n) is 5.55. The van der Waals surface area contributed by atoms with Crippen molar-refractivity contribution < 1.29 is 27.2 Å². The van der Waals surface area contributed by atoms with Crippen molar-refractivity contribution in [2.24, 2.45) is 0 Å². The van der Waals surface area contributed by atoms with E-state index in [0.29, 0.717) is 17.0 Å². The molecule has 0 fully saturated rings. The minimum absolute atomic E-state index is 0.0293. The predicted molar refractivity (Wildman–Crippen MR) is 154 cm³/mol. The summed E-state index contributed by atoms with van der Waals surface area (Å²) in [4.78, 5) is 20.3. The normalized spacial score (nSPS) is 11.1. The molecular formula is C27H23N7O6S2. The second-order valence-corrected chi connectivity index (χ2v) is 10.5. The fourth-order valence-corrected chi connectivity index (χ4v) is 4.67. The van der Waals surface area contributed by atoms with Crippen molar-refractivity contribution in [3.05, 3.63) is 84.0 Å². The Morgan fingerprint density at radius 1 is 1.12 bits per heavy atom. The number of hydrogen-bond donors (Lipinski definition) is 2. The molecule has 13 nitrogen and oxygen atoms in total. The largest absolute Gasteiger partial charge is 0.493 e. The Morgan fingerprint density at radius 2 is 1.93 bits per heavy atom. The van der Waals surface area contributed by atoms with Gasteiger partial charge in [0.2, 0.25) is 5.75 Å². The summed E-state index contributed by atoms with van der Waals surface area (Å²) in [5.74, 6) is 0.617. The average molecular weight is 606 g/mol. The molecule has 2 N–H and O–H groups in total. The molecule has 0 amide bonds. The second-order valence-electron chi connectivity index (χ2n) is 8.54. The topological polar surface area (TPSA) is 167 Å². The van der Waals surface area contributed by atoms with Gasteiger partial charge < -0.3 is 18.7 Å². The zero-order chi connectivity index (χ0) is 29.7. The van der Waals surface area contributed by atoms with Gasteiger partial charge in [-0.3, -0.25) is 14.7 Å². The van der Waals surface area contributed by atoms with Gasteiger partial charge in [0.05, 0.1) is 7.11 Å². The van der Waals surface area contributed by atoms with Gasteiger partial charge in [0.15, 0.2) is 34.0 Å². The molecule has 0 bridgehead atoms. The molecule has 214 valence electrons. The number of nitrogens with zero attached hydrogens (tertiary/aromatic N) is 5. The number of nitrogens with one attached hydrogen (secondary N) is 2. The zero-order valence-corrected chi connectivity index (χ0v) is 23.9. The van der Waals surface area contributed by atoms with E-state index in [1.807, 2.05) is 0 Å². The molecule has 5 aromatic rings. The minimum atomic E-state index is -4.23. The number of H-pyrrole nitrogens is 1. The molecule has 0 spiro atoms. The summed E-state index contributed by atoms with van der Waals surface area (Å²) in [5, 5.41) is 3.63. The number of aryl methyl sites for hydroxylation is 1. The lowest BCUT2D eigenvalue weighted by atomic mass is 10.2. The van der Waals surface area contributed by atoms with E-state index >= 15 is 0 Å². The van der Waals surface area contributed by atoms with Crippen molar-refractivity contribution in [2.45, 2.75) is 11.9 Å². The Morgan fingerprint density at radius 3 is 2.62 bits per heavy atom. The van der Waals surface area contributed by atoms with Crippen LogP contribution in [0.3, 0.4) is 0 Å². The molecule has 4 heterocycles. The number of aromatic nitrogens is 6. The van der Waals surface area contributed by atoms with Crippen molar-refractivity contribution in [3.8, 4) is 46.0 Å². The molecule has 0 unspecified atom stereocenters. The number of sulfonamides is 1. The van der Waals surface area contributed by atoms with Crippen molar-refractivity contribution in [1.82, 2.24) is 30.1 Å². The van der Waals surface area contributed by atoms with E-state index in [0.717, 1.165) is 5.56 Å². The summed E-state index contributed by atoms with van der Waals surface area (Å²) < 4.78 is 51.7. The van der Waals surface area contributed by atoms with E-state index in [-0.39, 0.29) is 51.3 Å². The summed E-state index contributed by atoms with van der Waals surface area (Å²) in [7, 11) is -2.76. The summed E-state index contributed by atoms with van der Waals surface area (Å²) in [6, 6.07) is 13.1. The number of aromatic amines is 1. The standard InChI is InChI=1S/C27H23N7O6S2/c1-4-13-38-26-22(39-20-8-6-5-7-19(20)37-3)25(34-42(35,36)21-10-9-16(2)15-29-21)30-23(31-26)17-11-12-28-18(14-17)24-32-27(41)40-33-24/h4-12,14-15H,1,13H2,2-3H3,(H,30,31,34)(H,32,33,41). The van der Waals surface area contributed by atoms with Gasteiger partial charge in [0.1, 0.15) is 12.3 Å². The molecule has 0 atom stereocenters. The first kappa shape index (κ1) is 28.4. The highest BCUT2D eigenvalue weighted by Crippen LogP contribution is 2.41. The van der Waals surface area contributed by atoms with E-state index in [9.17, 15) is 8.42 Å². The number of ether oxygens (including phenoxy) is 3. The molecule has 15 heteroatoms. The van der Waals surface area contributed by atoms with Gasteiger partial charge in [0, 0.05) is 18.0 Å². The molecular weight excluding hydrogens is 582 g/mol. The summed E-state index contributed by atoms with van der Waals surface area (Å²) in [5.41, 5.74) is 1.62. The van der Waals surface area contributed by atoms with Gasteiger partial charge in [-0.15, -0.1) is 0 Å². The maximum Gasteiger partial charge on any atom is 0.295 e. The third-order valence-corrected chi connectivity index (χ3v) is 6.98. The molecule has 0 saturated carbocycles.